The molecule has 12 heteroatoms. The highest BCUT2D eigenvalue weighted by Crippen LogP contribution is 2.30. The fourth-order valence-corrected chi connectivity index (χ4v) is 7.57. The van der Waals surface area contributed by atoms with E-state index >= 15 is 0 Å². The second kappa shape index (κ2) is 22.9. The Kier molecular flexibility index (Phi) is 18.1. The van der Waals surface area contributed by atoms with E-state index in [1.165, 1.54) is 12.7 Å². The minimum absolute atomic E-state index is 0.00186. The number of nitrogens with one attached hydrogen (secondary N) is 5. The van der Waals surface area contributed by atoms with Gasteiger partial charge in [-0.2, -0.15) is 0 Å². The van der Waals surface area contributed by atoms with E-state index in [9.17, 15) is 24.3 Å². The summed E-state index contributed by atoms with van der Waals surface area (Å²) in [6, 6.07) is 16.7. The Hall–Kier alpha value is -4.71. The molecule has 6 N–H and O–H groups in total. The Labute approximate surface area is 339 Å². The number of rotatable bonds is 21. The Morgan fingerprint density at radius 3 is 2.11 bits per heavy atom. The predicted octanol–water partition coefficient (Wildman–Crippen LogP) is 6.19. The Morgan fingerprint density at radius 1 is 0.860 bits per heavy atom. The largest absolute Gasteiger partial charge is 0.444 e. The minimum atomic E-state index is -1.04. The van der Waals surface area contributed by atoms with Crippen molar-refractivity contribution in [2.45, 2.75) is 141 Å². The number of H-pyrrole nitrogens is 1. The molecule has 1 aliphatic rings. The number of aromatic amines is 1. The minimum Gasteiger partial charge on any atom is -0.444 e. The number of aromatic nitrogens is 2. The van der Waals surface area contributed by atoms with Crippen molar-refractivity contribution in [1.29, 1.82) is 0 Å². The number of aliphatic hydroxyl groups is 1. The van der Waals surface area contributed by atoms with Crippen molar-refractivity contribution < 1.29 is 29.0 Å². The number of hydrogen-bond donors (Lipinski definition) is 6. The van der Waals surface area contributed by atoms with E-state index in [2.05, 4.69) is 45.1 Å². The third-order valence-corrected chi connectivity index (χ3v) is 10.8. The first-order valence-electron chi connectivity index (χ1n) is 20.9. The van der Waals surface area contributed by atoms with Crippen LogP contribution in [0.3, 0.4) is 0 Å². The summed E-state index contributed by atoms with van der Waals surface area (Å²) in [6.45, 7) is 9.99. The van der Waals surface area contributed by atoms with E-state index in [4.69, 9.17) is 4.74 Å². The van der Waals surface area contributed by atoms with Gasteiger partial charge in [0.15, 0.2) is 0 Å². The Morgan fingerprint density at radius 2 is 1.49 bits per heavy atom. The van der Waals surface area contributed by atoms with Crippen LogP contribution in [0.1, 0.15) is 109 Å². The van der Waals surface area contributed by atoms with E-state index in [-0.39, 0.29) is 30.6 Å². The molecule has 0 bridgehead atoms. The summed E-state index contributed by atoms with van der Waals surface area (Å²) in [7, 11) is 0. The number of aryl methyl sites for hydroxylation is 1. The number of amides is 4. The number of benzene rings is 2. The SMILES string of the molecule is CC(C)[C@@H](CCNC(=O)CCc1ccccc1)C[C@H](O)[C@H](CC1CCCCC1)NC(=O)[C@H](Cc1cnc[nH]1)NC(=O)[C@H](Cc1ccccc1)NC(=O)OC(C)(C)C. The van der Waals surface area contributed by atoms with Crippen LogP contribution < -0.4 is 21.3 Å². The van der Waals surface area contributed by atoms with Gasteiger partial charge in [-0.05, 0) is 75.3 Å². The third kappa shape index (κ3) is 16.7. The number of carbonyl (C=O) groups is 4. The van der Waals surface area contributed by atoms with Crippen molar-refractivity contribution >= 4 is 23.8 Å². The maximum Gasteiger partial charge on any atom is 0.408 e. The van der Waals surface area contributed by atoms with Gasteiger partial charge < -0.3 is 36.1 Å². The first kappa shape index (κ1) is 45.0. The van der Waals surface area contributed by atoms with Crippen LogP contribution in [0.2, 0.25) is 0 Å². The van der Waals surface area contributed by atoms with Gasteiger partial charge in [0, 0.05) is 37.7 Å². The first-order chi connectivity index (χ1) is 27.3. The number of imidazole rings is 1. The predicted molar refractivity (Wildman–Crippen MR) is 222 cm³/mol. The quantitative estimate of drug-likeness (QED) is 0.0747. The maximum absolute atomic E-state index is 14.4. The zero-order valence-corrected chi connectivity index (χ0v) is 34.6. The van der Waals surface area contributed by atoms with Crippen LogP contribution in [-0.2, 0) is 38.4 Å². The molecule has 4 amide bonds. The molecular formula is C45H66N6O6. The molecule has 312 valence electrons. The number of hydrogen-bond acceptors (Lipinski definition) is 7. The molecule has 1 fully saturated rings. The average Bonchev–Trinajstić information content (AvgIpc) is 3.69. The number of nitrogens with zero attached hydrogens (tertiary/aromatic N) is 1. The normalized spacial score (nSPS) is 16.1. The Bertz CT molecular complexity index is 1640. The van der Waals surface area contributed by atoms with Crippen LogP contribution in [-0.4, -0.2) is 75.3 Å². The van der Waals surface area contributed by atoms with E-state index < -0.39 is 47.7 Å². The van der Waals surface area contributed by atoms with Gasteiger partial charge in [-0.3, -0.25) is 14.4 Å². The summed E-state index contributed by atoms with van der Waals surface area (Å²) in [5, 5.41) is 23.8. The average molecular weight is 787 g/mol. The maximum atomic E-state index is 14.4. The molecule has 3 aromatic rings. The summed E-state index contributed by atoms with van der Waals surface area (Å²) in [6.07, 6.45) is 10.2. The van der Waals surface area contributed by atoms with Crippen molar-refractivity contribution in [3.05, 3.63) is 90.0 Å². The molecular weight excluding hydrogens is 721 g/mol. The second-order valence-electron chi connectivity index (χ2n) is 17.0. The summed E-state index contributed by atoms with van der Waals surface area (Å²) < 4.78 is 5.49. The van der Waals surface area contributed by atoms with Gasteiger partial charge in [0.05, 0.1) is 18.5 Å². The molecule has 0 saturated heterocycles. The summed E-state index contributed by atoms with van der Waals surface area (Å²) in [5.74, 6) is -0.285. The van der Waals surface area contributed by atoms with Crippen molar-refractivity contribution in [3.8, 4) is 0 Å². The van der Waals surface area contributed by atoms with Crippen molar-refractivity contribution in [2.24, 2.45) is 17.8 Å². The van der Waals surface area contributed by atoms with Gasteiger partial charge in [0.25, 0.3) is 0 Å². The first-order valence-corrected chi connectivity index (χ1v) is 20.9. The van der Waals surface area contributed by atoms with E-state index in [1.54, 1.807) is 27.0 Å². The zero-order valence-electron chi connectivity index (χ0n) is 34.6. The molecule has 1 heterocycles. The zero-order chi connectivity index (χ0) is 41.2. The fraction of sp³-hybridized carbons (Fsp3) is 0.578. The number of ether oxygens (including phenoxy) is 1. The lowest BCUT2D eigenvalue weighted by Gasteiger charge is -2.34. The van der Waals surface area contributed by atoms with Gasteiger partial charge in [-0.1, -0.05) is 107 Å². The highest BCUT2D eigenvalue weighted by molar-refractivity contribution is 5.91. The molecule has 0 unspecified atom stereocenters. The van der Waals surface area contributed by atoms with Crippen LogP contribution in [0.5, 0.6) is 0 Å². The molecule has 1 aliphatic carbocycles. The molecule has 1 aromatic heterocycles. The molecule has 57 heavy (non-hydrogen) atoms. The van der Waals surface area contributed by atoms with Gasteiger partial charge in [0.2, 0.25) is 17.7 Å². The third-order valence-electron chi connectivity index (χ3n) is 10.8. The smallest absolute Gasteiger partial charge is 0.408 e. The van der Waals surface area contributed by atoms with Crippen LogP contribution in [0.25, 0.3) is 0 Å². The molecule has 0 spiro atoms. The Balaban J connectivity index is 1.47. The molecule has 12 nitrogen and oxygen atoms in total. The summed E-state index contributed by atoms with van der Waals surface area (Å²) >= 11 is 0. The molecule has 0 radical (unpaired) electrons. The standard InChI is InChI=1S/C45H66N6O6/c1-31(2)35(23-24-47-41(53)22-21-32-15-9-6-10-16-32)27-40(52)37(25-33-17-11-7-12-18-33)49-43(55)39(28-36-29-46-30-48-36)50-42(54)38(26-34-19-13-8-14-20-34)51-44(56)57-45(3,4)5/h6,8-10,13-16,19-20,29-31,33,35,37-40,52H,7,11-12,17-18,21-28H2,1-5H3,(H,46,48)(H,47,53)(H,49,55)(H,50,54)(H,51,56)/t35-,37-,38-,39-,40-/m0/s1. The van der Waals surface area contributed by atoms with Crippen molar-refractivity contribution in [1.82, 2.24) is 31.2 Å². The van der Waals surface area contributed by atoms with Gasteiger partial charge in [0.1, 0.15) is 17.7 Å². The van der Waals surface area contributed by atoms with Crippen LogP contribution >= 0.6 is 0 Å². The van der Waals surface area contributed by atoms with Crippen LogP contribution in [0.4, 0.5) is 4.79 Å². The highest BCUT2D eigenvalue weighted by Gasteiger charge is 2.33. The number of alkyl carbamates (subject to hydrolysis) is 1. The van der Waals surface area contributed by atoms with Crippen molar-refractivity contribution in [3.63, 3.8) is 0 Å². The summed E-state index contributed by atoms with van der Waals surface area (Å²) in [5.41, 5.74) is 1.81. The van der Waals surface area contributed by atoms with Crippen LogP contribution in [0.15, 0.2) is 73.2 Å². The molecule has 0 aliphatic heterocycles. The number of carbonyl (C=O) groups excluding carboxylic acids is 4. The lowest BCUT2D eigenvalue weighted by Crippen LogP contribution is -2.57. The topological polar surface area (TPSA) is 175 Å². The molecule has 4 rings (SSSR count). The highest BCUT2D eigenvalue weighted by atomic mass is 16.6. The second-order valence-corrected chi connectivity index (χ2v) is 17.0. The molecule has 1 saturated carbocycles. The lowest BCUT2D eigenvalue weighted by molar-refractivity contribution is -0.131. The van der Waals surface area contributed by atoms with Gasteiger partial charge >= 0.3 is 6.09 Å². The van der Waals surface area contributed by atoms with E-state index in [0.717, 1.165) is 36.8 Å². The van der Waals surface area contributed by atoms with E-state index in [0.29, 0.717) is 50.3 Å². The van der Waals surface area contributed by atoms with Gasteiger partial charge in [-0.15, -0.1) is 0 Å². The van der Waals surface area contributed by atoms with Crippen LogP contribution in [0, 0.1) is 17.8 Å². The van der Waals surface area contributed by atoms with Gasteiger partial charge in [-0.25, -0.2) is 9.78 Å². The fourth-order valence-electron chi connectivity index (χ4n) is 7.57. The monoisotopic (exact) mass is 787 g/mol. The number of aliphatic hydroxyl groups excluding tert-OH is 1. The summed E-state index contributed by atoms with van der Waals surface area (Å²) in [4.78, 5) is 61.1. The van der Waals surface area contributed by atoms with E-state index in [1.807, 2.05) is 60.7 Å². The molecule has 5 atom stereocenters. The molecule has 2 aromatic carbocycles. The van der Waals surface area contributed by atoms with Crippen molar-refractivity contribution in [2.75, 3.05) is 6.54 Å². The lowest BCUT2D eigenvalue weighted by atomic mass is 9.80.